The molecule has 0 spiro atoms. The first-order valence-corrected chi connectivity index (χ1v) is 5.69. The third-order valence-electron chi connectivity index (χ3n) is 2.53. The van der Waals surface area contributed by atoms with Gasteiger partial charge < -0.3 is 15.7 Å². The fourth-order valence-electron chi connectivity index (χ4n) is 1.56. The zero-order valence-electron chi connectivity index (χ0n) is 10.2. The summed E-state index contributed by atoms with van der Waals surface area (Å²) >= 11 is 0. The van der Waals surface area contributed by atoms with Crippen molar-refractivity contribution in [2.24, 2.45) is 5.73 Å². The number of nitrogens with zero attached hydrogens (tertiary/aromatic N) is 2. The SMILES string of the molecule is CCN(Cc1ccncc1)C(=O)C(N)CC(=O)O. The molecule has 0 fully saturated rings. The second-order valence-electron chi connectivity index (χ2n) is 3.91. The van der Waals surface area contributed by atoms with Crippen molar-refractivity contribution in [2.75, 3.05) is 6.54 Å². The zero-order chi connectivity index (χ0) is 13.5. The molecule has 0 aliphatic heterocycles. The van der Waals surface area contributed by atoms with E-state index in [9.17, 15) is 9.59 Å². The molecule has 0 saturated carbocycles. The third kappa shape index (κ3) is 4.14. The Bertz CT molecular complexity index is 408. The summed E-state index contributed by atoms with van der Waals surface area (Å²) in [6.07, 6.45) is 2.93. The van der Waals surface area contributed by atoms with Crippen molar-refractivity contribution in [1.29, 1.82) is 0 Å². The van der Waals surface area contributed by atoms with E-state index in [1.165, 1.54) is 4.90 Å². The number of amides is 1. The van der Waals surface area contributed by atoms with Crippen molar-refractivity contribution in [3.8, 4) is 0 Å². The number of likely N-dealkylation sites (N-methyl/N-ethyl adjacent to an activating group) is 1. The number of aliphatic carboxylic acids is 1. The summed E-state index contributed by atoms with van der Waals surface area (Å²) in [6, 6.07) is 2.61. The Labute approximate surface area is 105 Å². The highest BCUT2D eigenvalue weighted by atomic mass is 16.4. The van der Waals surface area contributed by atoms with Crippen molar-refractivity contribution in [3.63, 3.8) is 0 Å². The van der Waals surface area contributed by atoms with Gasteiger partial charge in [-0.05, 0) is 24.6 Å². The Morgan fingerprint density at radius 2 is 2.06 bits per heavy atom. The number of carboxylic acids is 1. The highest BCUT2D eigenvalue weighted by Crippen LogP contribution is 2.05. The van der Waals surface area contributed by atoms with Crippen molar-refractivity contribution in [1.82, 2.24) is 9.88 Å². The van der Waals surface area contributed by atoms with Crippen LogP contribution in [0.25, 0.3) is 0 Å². The lowest BCUT2D eigenvalue weighted by atomic mass is 10.1. The van der Waals surface area contributed by atoms with Crippen LogP contribution in [0.15, 0.2) is 24.5 Å². The van der Waals surface area contributed by atoms with Crippen molar-refractivity contribution < 1.29 is 14.7 Å². The van der Waals surface area contributed by atoms with Crippen LogP contribution in [0.3, 0.4) is 0 Å². The minimum Gasteiger partial charge on any atom is -0.481 e. The number of nitrogens with two attached hydrogens (primary N) is 1. The number of carbonyl (C=O) groups excluding carboxylic acids is 1. The average molecular weight is 251 g/mol. The minimum atomic E-state index is -1.07. The van der Waals surface area contributed by atoms with Crippen molar-refractivity contribution in [3.05, 3.63) is 30.1 Å². The van der Waals surface area contributed by atoms with Gasteiger partial charge in [-0.3, -0.25) is 14.6 Å². The van der Waals surface area contributed by atoms with Gasteiger partial charge in [0.1, 0.15) is 0 Å². The zero-order valence-corrected chi connectivity index (χ0v) is 10.2. The second kappa shape index (κ2) is 6.70. The summed E-state index contributed by atoms with van der Waals surface area (Å²) in [5, 5.41) is 8.62. The van der Waals surface area contributed by atoms with E-state index in [4.69, 9.17) is 10.8 Å². The minimum absolute atomic E-state index is 0.350. The number of rotatable bonds is 6. The van der Waals surface area contributed by atoms with E-state index >= 15 is 0 Å². The van der Waals surface area contributed by atoms with Gasteiger partial charge in [0.05, 0.1) is 12.5 Å². The first-order valence-electron chi connectivity index (χ1n) is 5.69. The maximum atomic E-state index is 11.9. The van der Waals surface area contributed by atoms with E-state index in [-0.39, 0.29) is 12.3 Å². The molecule has 1 atom stereocenters. The molecule has 0 bridgehead atoms. The quantitative estimate of drug-likeness (QED) is 0.754. The van der Waals surface area contributed by atoms with Gasteiger partial charge in [0.2, 0.25) is 5.91 Å². The van der Waals surface area contributed by atoms with Crippen molar-refractivity contribution in [2.45, 2.75) is 25.9 Å². The van der Waals surface area contributed by atoms with Gasteiger partial charge in [-0.25, -0.2) is 0 Å². The molecule has 1 aromatic rings. The fourth-order valence-corrected chi connectivity index (χ4v) is 1.56. The molecular weight excluding hydrogens is 234 g/mol. The molecule has 0 aromatic carbocycles. The predicted octanol–water partition coefficient (Wildman–Crippen LogP) is 0.232. The number of aromatic nitrogens is 1. The molecule has 6 nitrogen and oxygen atoms in total. The largest absolute Gasteiger partial charge is 0.481 e. The number of pyridine rings is 1. The predicted molar refractivity (Wildman–Crippen MR) is 65.6 cm³/mol. The third-order valence-corrected chi connectivity index (χ3v) is 2.53. The number of carboxylic acid groups (broad SMARTS) is 1. The summed E-state index contributed by atoms with van der Waals surface area (Å²) < 4.78 is 0. The van der Waals surface area contributed by atoms with Gasteiger partial charge in [0.15, 0.2) is 0 Å². The van der Waals surface area contributed by atoms with E-state index < -0.39 is 12.0 Å². The van der Waals surface area contributed by atoms with Gasteiger partial charge in [-0.1, -0.05) is 0 Å². The molecule has 1 unspecified atom stereocenters. The lowest BCUT2D eigenvalue weighted by Crippen LogP contribution is -2.44. The van der Waals surface area contributed by atoms with Gasteiger partial charge in [0.25, 0.3) is 0 Å². The maximum Gasteiger partial charge on any atom is 0.305 e. The van der Waals surface area contributed by atoms with Gasteiger partial charge in [0, 0.05) is 25.5 Å². The van der Waals surface area contributed by atoms with Crippen molar-refractivity contribution >= 4 is 11.9 Å². The van der Waals surface area contributed by atoms with Crippen LogP contribution in [-0.2, 0) is 16.1 Å². The van der Waals surface area contributed by atoms with E-state index in [0.29, 0.717) is 13.1 Å². The van der Waals surface area contributed by atoms with E-state index in [0.717, 1.165) is 5.56 Å². The molecule has 0 aliphatic rings. The molecule has 3 N–H and O–H groups in total. The number of hydrogen-bond donors (Lipinski definition) is 2. The second-order valence-corrected chi connectivity index (χ2v) is 3.91. The molecule has 0 radical (unpaired) electrons. The topological polar surface area (TPSA) is 96.5 Å². The van der Waals surface area contributed by atoms with Crippen LogP contribution < -0.4 is 5.73 Å². The van der Waals surface area contributed by atoms with Crippen LogP contribution in [-0.4, -0.2) is 39.5 Å². The Balaban J connectivity index is 2.66. The Morgan fingerprint density at radius 1 is 1.44 bits per heavy atom. The first-order chi connectivity index (χ1) is 8.54. The molecule has 18 heavy (non-hydrogen) atoms. The maximum absolute atomic E-state index is 11.9. The van der Waals surface area contributed by atoms with E-state index in [1.54, 1.807) is 24.5 Å². The molecule has 0 aliphatic carbocycles. The normalized spacial score (nSPS) is 11.9. The molecule has 1 aromatic heterocycles. The average Bonchev–Trinajstić information content (AvgIpc) is 2.35. The molecule has 1 rings (SSSR count). The molecule has 98 valence electrons. The first kappa shape index (κ1) is 14.1. The highest BCUT2D eigenvalue weighted by molar-refractivity contribution is 5.85. The lowest BCUT2D eigenvalue weighted by Gasteiger charge is -2.23. The van der Waals surface area contributed by atoms with Crippen LogP contribution in [0.4, 0.5) is 0 Å². The summed E-state index contributed by atoms with van der Waals surface area (Å²) in [7, 11) is 0. The molecule has 6 heteroatoms. The molecular formula is C12H17N3O3. The molecule has 0 saturated heterocycles. The number of hydrogen-bond acceptors (Lipinski definition) is 4. The van der Waals surface area contributed by atoms with Crippen LogP contribution in [0.5, 0.6) is 0 Å². The standard InChI is InChI=1S/C12H17N3O3/c1-2-15(8-9-3-5-14-6-4-9)12(18)10(13)7-11(16)17/h3-6,10H,2,7-8,13H2,1H3,(H,16,17). The summed E-state index contributed by atoms with van der Waals surface area (Å²) in [5.74, 6) is -1.42. The summed E-state index contributed by atoms with van der Waals surface area (Å²) in [6.45, 7) is 2.71. The smallest absolute Gasteiger partial charge is 0.305 e. The van der Waals surface area contributed by atoms with Gasteiger partial charge in [-0.2, -0.15) is 0 Å². The van der Waals surface area contributed by atoms with Gasteiger partial charge >= 0.3 is 5.97 Å². The van der Waals surface area contributed by atoms with Crippen LogP contribution in [0.1, 0.15) is 18.9 Å². The Morgan fingerprint density at radius 3 is 2.56 bits per heavy atom. The molecule has 1 heterocycles. The monoisotopic (exact) mass is 251 g/mol. The fraction of sp³-hybridized carbons (Fsp3) is 0.417. The van der Waals surface area contributed by atoms with E-state index in [2.05, 4.69) is 4.98 Å². The number of carbonyl (C=O) groups is 2. The van der Waals surface area contributed by atoms with Gasteiger partial charge in [-0.15, -0.1) is 0 Å². The summed E-state index contributed by atoms with van der Waals surface area (Å²) in [4.78, 5) is 27.9. The van der Waals surface area contributed by atoms with Crippen LogP contribution in [0, 0.1) is 0 Å². The van der Waals surface area contributed by atoms with Crippen LogP contribution in [0.2, 0.25) is 0 Å². The lowest BCUT2D eigenvalue weighted by molar-refractivity contribution is -0.142. The summed E-state index contributed by atoms with van der Waals surface area (Å²) in [5.41, 5.74) is 6.50. The Hall–Kier alpha value is -1.95. The van der Waals surface area contributed by atoms with E-state index in [1.807, 2.05) is 6.92 Å². The Kier molecular flexibility index (Phi) is 5.26. The highest BCUT2D eigenvalue weighted by Gasteiger charge is 2.22. The van der Waals surface area contributed by atoms with Crippen LogP contribution >= 0.6 is 0 Å². The molecule has 1 amide bonds.